The van der Waals surface area contributed by atoms with Crippen LogP contribution >= 0.6 is 0 Å². The molecule has 1 unspecified atom stereocenters. The van der Waals surface area contributed by atoms with Gasteiger partial charge in [0.1, 0.15) is 6.10 Å². The number of carbonyl (C=O) groups is 1. The third kappa shape index (κ3) is 4.96. The number of anilines is 2. The van der Waals surface area contributed by atoms with Gasteiger partial charge in [-0.15, -0.1) is 0 Å². The third-order valence-electron chi connectivity index (χ3n) is 7.30. The summed E-state index contributed by atoms with van der Waals surface area (Å²) < 4.78 is 5.98. The molecule has 3 N–H and O–H groups in total. The van der Waals surface area contributed by atoms with E-state index in [2.05, 4.69) is 55.6 Å². The number of pyridine rings is 1. The van der Waals surface area contributed by atoms with E-state index >= 15 is 0 Å². The van der Waals surface area contributed by atoms with Gasteiger partial charge in [-0.25, -0.2) is 0 Å². The number of rotatable bonds is 5. The van der Waals surface area contributed by atoms with Gasteiger partial charge in [0.05, 0.1) is 12.3 Å². The van der Waals surface area contributed by atoms with E-state index in [0.29, 0.717) is 12.2 Å². The Labute approximate surface area is 216 Å². The van der Waals surface area contributed by atoms with E-state index in [9.17, 15) is 4.79 Å². The maximum absolute atomic E-state index is 13.0. The van der Waals surface area contributed by atoms with E-state index in [1.807, 2.05) is 48.8 Å². The molecule has 190 valence electrons. The Morgan fingerprint density at radius 3 is 2.68 bits per heavy atom. The van der Waals surface area contributed by atoms with E-state index in [-0.39, 0.29) is 12.0 Å². The van der Waals surface area contributed by atoms with Gasteiger partial charge in [-0.05, 0) is 49.5 Å². The molecule has 37 heavy (non-hydrogen) atoms. The average Bonchev–Trinajstić information content (AvgIpc) is 3.38. The fourth-order valence-corrected chi connectivity index (χ4v) is 5.16. The van der Waals surface area contributed by atoms with Crippen LogP contribution < -0.4 is 15.5 Å². The van der Waals surface area contributed by atoms with Crippen LogP contribution in [-0.4, -0.2) is 73.7 Å². The summed E-state index contributed by atoms with van der Waals surface area (Å²) in [4.78, 5) is 25.8. The maximum Gasteiger partial charge on any atom is 0.255 e. The molecule has 1 atom stereocenters. The zero-order chi connectivity index (χ0) is 25.2. The first-order chi connectivity index (χ1) is 18.2. The van der Waals surface area contributed by atoms with Gasteiger partial charge in [0.2, 0.25) is 0 Å². The van der Waals surface area contributed by atoms with Crippen molar-refractivity contribution in [3.63, 3.8) is 0 Å². The van der Waals surface area contributed by atoms with Crippen LogP contribution in [0, 0.1) is 0 Å². The number of H-pyrrole nitrogens is 1. The lowest BCUT2D eigenvalue weighted by Gasteiger charge is -2.34. The third-order valence-corrected chi connectivity index (χ3v) is 7.30. The zero-order valence-electron chi connectivity index (χ0n) is 21.0. The summed E-state index contributed by atoms with van der Waals surface area (Å²) in [6.07, 6.45) is 3.72. The first-order valence-electron chi connectivity index (χ1n) is 12.9. The molecule has 2 aliphatic heterocycles. The summed E-state index contributed by atoms with van der Waals surface area (Å²) in [6, 6.07) is 17.9. The van der Waals surface area contributed by atoms with Crippen molar-refractivity contribution in [3.8, 4) is 11.1 Å². The van der Waals surface area contributed by atoms with E-state index in [0.717, 1.165) is 72.7 Å². The van der Waals surface area contributed by atoms with Gasteiger partial charge in [0, 0.05) is 90.6 Å². The number of fused-ring (bicyclic) bond motifs is 1. The van der Waals surface area contributed by atoms with Crippen molar-refractivity contribution in [1.82, 2.24) is 20.2 Å². The van der Waals surface area contributed by atoms with Crippen LogP contribution in [0.5, 0.6) is 0 Å². The van der Waals surface area contributed by atoms with Gasteiger partial charge in [-0.2, -0.15) is 0 Å². The second kappa shape index (κ2) is 10.3. The number of benzene rings is 2. The van der Waals surface area contributed by atoms with Gasteiger partial charge in [0.15, 0.2) is 0 Å². The SMILES string of the molecule is CN1CCN(c2ccc(NC(=O)c3ccc4c(-c5cccnc5C5CNCCO5)c[nH]c4c3)cc2)CC1. The normalized spacial score (nSPS) is 18.7. The first kappa shape index (κ1) is 23.7. The summed E-state index contributed by atoms with van der Waals surface area (Å²) in [5, 5.41) is 7.47. The number of aromatic nitrogens is 2. The Morgan fingerprint density at radius 2 is 1.89 bits per heavy atom. The van der Waals surface area contributed by atoms with Crippen LogP contribution in [-0.2, 0) is 4.74 Å². The minimum Gasteiger partial charge on any atom is -0.369 e. The van der Waals surface area contributed by atoms with Crippen molar-refractivity contribution >= 4 is 28.2 Å². The predicted molar refractivity (Wildman–Crippen MR) is 147 cm³/mol. The summed E-state index contributed by atoms with van der Waals surface area (Å²) in [6.45, 7) is 6.44. The molecule has 2 saturated heterocycles. The Morgan fingerprint density at radius 1 is 1.05 bits per heavy atom. The molecule has 8 heteroatoms. The van der Waals surface area contributed by atoms with Crippen molar-refractivity contribution in [3.05, 3.63) is 78.2 Å². The molecule has 0 saturated carbocycles. The number of ether oxygens (including phenoxy) is 1. The van der Waals surface area contributed by atoms with Gasteiger partial charge >= 0.3 is 0 Å². The van der Waals surface area contributed by atoms with Crippen LogP contribution in [0.1, 0.15) is 22.2 Å². The smallest absolute Gasteiger partial charge is 0.255 e. The highest BCUT2D eigenvalue weighted by atomic mass is 16.5. The van der Waals surface area contributed by atoms with Crippen molar-refractivity contribution in [1.29, 1.82) is 0 Å². The molecule has 2 aromatic carbocycles. The van der Waals surface area contributed by atoms with Crippen molar-refractivity contribution in [2.75, 3.05) is 63.1 Å². The summed E-state index contributed by atoms with van der Waals surface area (Å²) in [5.41, 5.74) is 6.52. The van der Waals surface area contributed by atoms with E-state index < -0.39 is 0 Å². The maximum atomic E-state index is 13.0. The number of piperazine rings is 1. The molecule has 0 radical (unpaired) electrons. The van der Waals surface area contributed by atoms with Crippen LogP contribution in [0.2, 0.25) is 0 Å². The number of likely N-dealkylation sites (N-methyl/N-ethyl adjacent to an activating group) is 1. The molecule has 0 spiro atoms. The van der Waals surface area contributed by atoms with Gasteiger partial charge in [0.25, 0.3) is 5.91 Å². The zero-order valence-corrected chi connectivity index (χ0v) is 21.0. The Hall–Kier alpha value is -3.72. The van der Waals surface area contributed by atoms with Crippen LogP contribution in [0.4, 0.5) is 11.4 Å². The van der Waals surface area contributed by atoms with Crippen LogP contribution in [0.3, 0.4) is 0 Å². The van der Waals surface area contributed by atoms with Crippen molar-refractivity contribution in [2.24, 2.45) is 0 Å². The number of hydrogen-bond acceptors (Lipinski definition) is 6. The highest BCUT2D eigenvalue weighted by Crippen LogP contribution is 2.34. The van der Waals surface area contributed by atoms with E-state index in [4.69, 9.17) is 4.74 Å². The van der Waals surface area contributed by atoms with Crippen molar-refractivity contribution in [2.45, 2.75) is 6.10 Å². The molecule has 0 aliphatic carbocycles. The number of hydrogen-bond donors (Lipinski definition) is 3. The fourth-order valence-electron chi connectivity index (χ4n) is 5.16. The number of nitrogens with zero attached hydrogens (tertiary/aromatic N) is 3. The highest BCUT2D eigenvalue weighted by Gasteiger charge is 2.22. The molecule has 6 rings (SSSR count). The largest absolute Gasteiger partial charge is 0.369 e. The lowest BCUT2D eigenvalue weighted by molar-refractivity contribution is 0.0254. The molecule has 2 aromatic heterocycles. The highest BCUT2D eigenvalue weighted by molar-refractivity contribution is 6.07. The van der Waals surface area contributed by atoms with E-state index in [1.165, 1.54) is 5.69 Å². The average molecular weight is 497 g/mol. The summed E-state index contributed by atoms with van der Waals surface area (Å²) in [5.74, 6) is -0.130. The monoisotopic (exact) mass is 496 g/mol. The van der Waals surface area contributed by atoms with Crippen LogP contribution in [0.25, 0.3) is 22.0 Å². The molecule has 4 aromatic rings. The second-order valence-corrected chi connectivity index (χ2v) is 9.75. The first-order valence-corrected chi connectivity index (χ1v) is 12.9. The number of amides is 1. The summed E-state index contributed by atoms with van der Waals surface area (Å²) >= 11 is 0. The molecule has 1 amide bonds. The molecule has 0 bridgehead atoms. The number of nitrogens with one attached hydrogen (secondary N) is 3. The minimum absolute atomic E-state index is 0.0809. The fraction of sp³-hybridized carbons (Fsp3) is 0.310. The molecule has 4 heterocycles. The Bertz CT molecular complexity index is 1390. The van der Waals surface area contributed by atoms with Gasteiger partial charge in [-0.3, -0.25) is 9.78 Å². The minimum atomic E-state index is -0.130. The topological polar surface area (TPSA) is 85.5 Å². The number of aromatic amines is 1. The Kier molecular flexibility index (Phi) is 6.61. The molecule has 2 aliphatic rings. The molecule has 8 nitrogen and oxygen atoms in total. The Balaban J connectivity index is 1.19. The lowest BCUT2D eigenvalue weighted by Crippen LogP contribution is -2.44. The molecule has 2 fully saturated rings. The summed E-state index contributed by atoms with van der Waals surface area (Å²) in [7, 11) is 2.15. The quantitative estimate of drug-likeness (QED) is 0.389. The van der Waals surface area contributed by atoms with Crippen LogP contribution in [0.15, 0.2) is 67.0 Å². The van der Waals surface area contributed by atoms with Crippen molar-refractivity contribution < 1.29 is 9.53 Å². The number of morpholine rings is 1. The van der Waals surface area contributed by atoms with Gasteiger partial charge < -0.3 is 30.2 Å². The lowest BCUT2D eigenvalue weighted by atomic mass is 9.99. The molecular weight excluding hydrogens is 464 g/mol. The standard InChI is InChI=1S/C29H32N6O2/c1-34-12-14-35(15-13-34)22-7-5-21(6-8-22)33-29(36)20-4-9-23-25(18-32-26(23)17-20)24-3-2-10-31-28(24)27-19-30-11-16-37-27/h2-10,17-18,27,30,32H,11-16,19H2,1H3,(H,33,36). The second-order valence-electron chi connectivity index (χ2n) is 9.75. The van der Waals surface area contributed by atoms with E-state index in [1.54, 1.807) is 0 Å². The predicted octanol–water partition coefficient (Wildman–Crippen LogP) is 3.89. The van der Waals surface area contributed by atoms with Gasteiger partial charge in [-0.1, -0.05) is 12.1 Å². The molecular formula is C29H32N6O2. The number of carbonyl (C=O) groups excluding carboxylic acids is 1.